The SMILES string of the molecule is O=C(CN(c1cccc(C(F)(F)F)c1)S(=O)(=O)c1ccccc1)NCCSCc1ccc(Br)cc1. The smallest absolute Gasteiger partial charge is 0.354 e. The molecule has 5 nitrogen and oxygen atoms in total. The van der Waals surface area contributed by atoms with E-state index in [2.05, 4.69) is 21.2 Å². The zero-order valence-electron chi connectivity index (χ0n) is 18.3. The Morgan fingerprint density at radius 1 is 0.971 bits per heavy atom. The van der Waals surface area contributed by atoms with Gasteiger partial charge in [-0.05, 0) is 48.0 Å². The third-order valence-electron chi connectivity index (χ3n) is 4.83. The molecule has 3 aromatic rings. The number of alkyl halides is 3. The highest BCUT2D eigenvalue weighted by Gasteiger charge is 2.33. The molecule has 0 spiro atoms. The van der Waals surface area contributed by atoms with Crippen LogP contribution in [0, 0.1) is 0 Å². The van der Waals surface area contributed by atoms with Gasteiger partial charge in [-0.2, -0.15) is 24.9 Å². The van der Waals surface area contributed by atoms with E-state index < -0.39 is 34.2 Å². The predicted molar refractivity (Wildman–Crippen MR) is 136 cm³/mol. The molecule has 0 radical (unpaired) electrons. The van der Waals surface area contributed by atoms with Crippen LogP contribution in [-0.2, 0) is 26.7 Å². The summed E-state index contributed by atoms with van der Waals surface area (Å²) < 4.78 is 67.9. The second-order valence-corrected chi connectivity index (χ2v) is 11.3. The minimum absolute atomic E-state index is 0.129. The first-order valence-corrected chi connectivity index (χ1v) is 13.8. The normalized spacial score (nSPS) is 11.8. The fourth-order valence-corrected chi connectivity index (χ4v) is 5.61. The van der Waals surface area contributed by atoms with E-state index in [0.29, 0.717) is 10.1 Å². The molecule has 0 saturated heterocycles. The molecule has 35 heavy (non-hydrogen) atoms. The Morgan fingerprint density at radius 2 is 1.66 bits per heavy atom. The Bertz CT molecular complexity index is 1240. The average molecular weight is 587 g/mol. The predicted octanol–water partition coefficient (Wildman–Crippen LogP) is 5.71. The minimum atomic E-state index is -4.66. The van der Waals surface area contributed by atoms with Crippen LogP contribution in [0.3, 0.4) is 0 Å². The molecule has 1 N–H and O–H groups in total. The number of nitrogens with one attached hydrogen (secondary N) is 1. The lowest BCUT2D eigenvalue weighted by Crippen LogP contribution is -2.41. The number of sulfonamides is 1. The van der Waals surface area contributed by atoms with Crippen molar-refractivity contribution in [2.45, 2.75) is 16.8 Å². The third-order valence-corrected chi connectivity index (χ3v) is 8.18. The fourth-order valence-electron chi connectivity index (χ4n) is 3.09. The van der Waals surface area contributed by atoms with Crippen LogP contribution in [0.2, 0.25) is 0 Å². The lowest BCUT2D eigenvalue weighted by atomic mass is 10.2. The Morgan fingerprint density at radius 3 is 2.31 bits per heavy atom. The molecule has 1 amide bonds. The molecule has 0 atom stereocenters. The van der Waals surface area contributed by atoms with Crippen LogP contribution >= 0.6 is 27.7 Å². The molecule has 0 aromatic heterocycles. The number of thioether (sulfide) groups is 1. The number of carbonyl (C=O) groups excluding carboxylic acids is 1. The number of amides is 1. The molecule has 0 bridgehead atoms. The van der Waals surface area contributed by atoms with Gasteiger partial charge in [0.15, 0.2) is 0 Å². The lowest BCUT2D eigenvalue weighted by molar-refractivity contribution is -0.137. The summed E-state index contributed by atoms with van der Waals surface area (Å²) in [6.45, 7) is -0.377. The van der Waals surface area contributed by atoms with Crippen LogP contribution in [0.25, 0.3) is 0 Å². The second-order valence-electron chi connectivity index (χ2n) is 7.40. The average Bonchev–Trinajstić information content (AvgIpc) is 2.83. The van der Waals surface area contributed by atoms with Crippen molar-refractivity contribution in [1.82, 2.24) is 5.32 Å². The van der Waals surface area contributed by atoms with E-state index in [4.69, 9.17) is 0 Å². The van der Waals surface area contributed by atoms with Crippen molar-refractivity contribution in [2.75, 3.05) is 23.1 Å². The van der Waals surface area contributed by atoms with Crippen LogP contribution in [0.4, 0.5) is 18.9 Å². The van der Waals surface area contributed by atoms with E-state index >= 15 is 0 Å². The van der Waals surface area contributed by atoms with Gasteiger partial charge in [-0.1, -0.05) is 52.3 Å². The monoisotopic (exact) mass is 586 g/mol. The van der Waals surface area contributed by atoms with E-state index in [1.807, 2.05) is 24.3 Å². The van der Waals surface area contributed by atoms with Crippen LogP contribution in [0.1, 0.15) is 11.1 Å². The maximum atomic E-state index is 13.2. The molecule has 186 valence electrons. The summed E-state index contributed by atoms with van der Waals surface area (Å²) in [6, 6.07) is 19.0. The topological polar surface area (TPSA) is 66.5 Å². The number of benzene rings is 3. The largest absolute Gasteiger partial charge is 0.416 e. The molecule has 0 aliphatic rings. The quantitative estimate of drug-likeness (QED) is 0.309. The summed E-state index contributed by atoms with van der Waals surface area (Å²) >= 11 is 4.97. The van der Waals surface area contributed by atoms with Gasteiger partial charge in [0.25, 0.3) is 10.0 Å². The molecule has 3 rings (SSSR count). The van der Waals surface area contributed by atoms with Crippen LogP contribution in [-0.4, -0.2) is 33.2 Å². The Kier molecular flexibility index (Phi) is 9.26. The highest BCUT2D eigenvalue weighted by Crippen LogP contribution is 2.33. The first-order chi connectivity index (χ1) is 16.6. The lowest BCUT2D eigenvalue weighted by Gasteiger charge is -2.25. The van der Waals surface area contributed by atoms with Gasteiger partial charge in [0.05, 0.1) is 16.1 Å². The molecular formula is C24H22BrF3N2O3S2. The summed E-state index contributed by atoms with van der Waals surface area (Å²) in [5, 5.41) is 2.65. The number of hydrogen-bond acceptors (Lipinski definition) is 4. The van der Waals surface area contributed by atoms with Crippen molar-refractivity contribution in [3.63, 3.8) is 0 Å². The molecule has 0 aliphatic heterocycles. The molecule has 0 aliphatic carbocycles. The van der Waals surface area contributed by atoms with Crippen LogP contribution in [0.15, 0.2) is 88.2 Å². The third kappa shape index (κ3) is 7.74. The van der Waals surface area contributed by atoms with Crippen molar-refractivity contribution >= 4 is 49.3 Å². The van der Waals surface area contributed by atoms with Crippen LogP contribution in [0.5, 0.6) is 0 Å². The Labute approximate surface area is 214 Å². The molecule has 0 fully saturated rings. The van der Waals surface area contributed by atoms with Gasteiger partial charge in [-0.15, -0.1) is 0 Å². The molecular weight excluding hydrogens is 565 g/mol. The second kappa shape index (κ2) is 12.0. The van der Waals surface area contributed by atoms with E-state index in [9.17, 15) is 26.4 Å². The molecule has 11 heteroatoms. The first kappa shape index (κ1) is 27.1. The Balaban J connectivity index is 1.70. The van der Waals surface area contributed by atoms with Gasteiger partial charge >= 0.3 is 6.18 Å². The van der Waals surface area contributed by atoms with E-state index in [1.165, 1.54) is 30.3 Å². The highest BCUT2D eigenvalue weighted by molar-refractivity contribution is 9.10. The maximum absolute atomic E-state index is 13.2. The summed E-state index contributed by atoms with van der Waals surface area (Å²) in [6.07, 6.45) is -4.66. The van der Waals surface area contributed by atoms with Gasteiger partial charge in [0, 0.05) is 22.5 Å². The number of nitrogens with zero attached hydrogens (tertiary/aromatic N) is 1. The first-order valence-electron chi connectivity index (χ1n) is 10.4. The standard InChI is InChI=1S/C24H22BrF3N2O3S2/c25-20-11-9-18(10-12-20)17-34-14-13-29-23(31)16-30(35(32,33)22-7-2-1-3-8-22)21-6-4-5-19(15-21)24(26,27)28/h1-12,15H,13-14,16-17H2,(H,29,31). The number of rotatable bonds is 10. The summed E-state index contributed by atoms with van der Waals surface area (Å²) in [4.78, 5) is 12.5. The van der Waals surface area contributed by atoms with Crippen molar-refractivity contribution in [3.8, 4) is 0 Å². The van der Waals surface area contributed by atoms with E-state index in [1.54, 1.807) is 17.8 Å². The summed E-state index contributed by atoms with van der Waals surface area (Å²) in [7, 11) is -4.29. The Hall–Kier alpha value is -2.50. The number of halogens is 4. The minimum Gasteiger partial charge on any atom is -0.354 e. The molecule has 3 aromatic carbocycles. The summed E-state index contributed by atoms with van der Waals surface area (Å²) in [5.41, 5.74) is -0.134. The van der Waals surface area contributed by atoms with Crippen molar-refractivity contribution < 1.29 is 26.4 Å². The zero-order chi connectivity index (χ0) is 25.5. The van der Waals surface area contributed by atoms with Gasteiger partial charge in [0.1, 0.15) is 6.54 Å². The maximum Gasteiger partial charge on any atom is 0.416 e. The highest BCUT2D eigenvalue weighted by atomic mass is 79.9. The molecule has 0 unspecified atom stereocenters. The van der Waals surface area contributed by atoms with Gasteiger partial charge < -0.3 is 5.32 Å². The molecule has 0 heterocycles. The van der Waals surface area contributed by atoms with Crippen molar-refractivity contribution in [3.05, 3.63) is 94.5 Å². The number of hydrogen-bond donors (Lipinski definition) is 1. The summed E-state index contributed by atoms with van der Waals surface area (Å²) in [5.74, 6) is 0.699. The van der Waals surface area contributed by atoms with Gasteiger partial charge in [-0.25, -0.2) is 8.42 Å². The van der Waals surface area contributed by atoms with E-state index in [0.717, 1.165) is 34.0 Å². The van der Waals surface area contributed by atoms with Crippen molar-refractivity contribution in [1.29, 1.82) is 0 Å². The zero-order valence-corrected chi connectivity index (χ0v) is 21.6. The fraction of sp³-hybridized carbons (Fsp3) is 0.208. The van der Waals surface area contributed by atoms with Gasteiger partial charge in [-0.3, -0.25) is 9.10 Å². The van der Waals surface area contributed by atoms with E-state index in [-0.39, 0.29) is 17.1 Å². The number of anilines is 1. The van der Waals surface area contributed by atoms with Gasteiger partial charge in [0.2, 0.25) is 5.91 Å². The van der Waals surface area contributed by atoms with Crippen LogP contribution < -0.4 is 9.62 Å². The number of carbonyl (C=O) groups is 1. The molecule has 0 saturated carbocycles. The van der Waals surface area contributed by atoms with Crippen molar-refractivity contribution in [2.24, 2.45) is 0 Å².